The number of rotatable bonds is 8. The van der Waals surface area contributed by atoms with Crippen LogP contribution >= 0.6 is 0 Å². The van der Waals surface area contributed by atoms with Crippen LogP contribution in [0.5, 0.6) is 0 Å². The molecular formula is C30H28N2O8Si. The largest absolute Gasteiger partial charge is 0.492 e. The number of hydrogen-bond acceptors (Lipinski definition) is 8. The number of nitrogens with zero attached hydrogens (tertiary/aromatic N) is 1. The minimum atomic E-state index is -4.21. The van der Waals surface area contributed by atoms with E-state index in [0.29, 0.717) is 43.8 Å². The van der Waals surface area contributed by atoms with Crippen molar-refractivity contribution in [2.45, 2.75) is 12.5 Å². The van der Waals surface area contributed by atoms with Crippen molar-refractivity contribution in [1.29, 1.82) is 0 Å². The van der Waals surface area contributed by atoms with Crippen LogP contribution < -0.4 is 15.6 Å². The zero-order valence-electron chi connectivity index (χ0n) is 22.3. The Hall–Kier alpha value is -4.55. The number of carboxylic acid groups (broad SMARTS) is 1. The number of anilines is 1. The third-order valence-electron chi connectivity index (χ3n) is 6.93. The minimum Gasteiger partial charge on any atom is -0.478 e. The topological polar surface area (TPSA) is 161 Å². The monoisotopic (exact) mass is 572 g/mol. The van der Waals surface area contributed by atoms with E-state index in [4.69, 9.17) is 18.8 Å². The van der Waals surface area contributed by atoms with Crippen molar-refractivity contribution in [3.63, 3.8) is 0 Å². The lowest BCUT2D eigenvalue weighted by molar-refractivity contribution is 0.0697. The van der Waals surface area contributed by atoms with Crippen molar-refractivity contribution in [2.24, 2.45) is 0 Å². The van der Waals surface area contributed by atoms with E-state index in [2.05, 4.69) is 5.32 Å². The van der Waals surface area contributed by atoms with Gasteiger partial charge < -0.3 is 34.1 Å². The second kappa shape index (κ2) is 10.8. The Morgan fingerprint density at radius 1 is 0.902 bits per heavy atom. The molecule has 11 heteroatoms. The Kier molecular flexibility index (Phi) is 7.36. The van der Waals surface area contributed by atoms with Gasteiger partial charge in [-0.25, -0.2) is 4.79 Å². The zero-order valence-corrected chi connectivity index (χ0v) is 23.3. The van der Waals surface area contributed by atoms with E-state index in [1.165, 1.54) is 24.3 Å². The van der Waals surface area contributed by atoms with Crippen molar-refractivity contribution < 1.29 is 33.5 Å². The third kappa shape index (κ3) is 5.69. The molecule has 0 radical (unpaired) electrons. The van der Waals surface area contributed by atoms with Crippen LogP contribution in [0.1, 0.15) is 27.1 Å². The van der Waals surface area contributed by atoms with Gasteiger partial charge in [0, 0.05) is 65.7 Å². The molecule has 10 nitrogen and oxygen atoms in total. The van der Waals surface area contributed by atoms with Crippen LogP contribution in [0.2, 0.25) is 6.04 Å². The van der Waals surface area contributed by atoms with Gasteiger partial charge in [0.15, 0.2) is 5.43 Å². The van der Waals surface area contributed by atoms with E-state index in [-0.39, 0.29) is 35.6 Å². The highest BCUT2D eigenvalue weighted by atomic mass is 28.4. The van der Waals surface area contributed by atoms with Gasteiger partial charge in [-0.1, -0.05) is 12.1 Å². The molecule has 5 aromatic rings. The molecule has 41 heavy (non-hydrogen) atoms. The van der Waals surface area contributed by atoms with E-state index in [1.54, 1.807) is 24.3 Å². The summed E-state index contributed by atoms with van der Waals surface area (Å²) in [5.41, 5.74) is 2.77. The Bertz CT molecular complexity index is 1890. The van der Waals surface area contributed by atoms with Crippen LogP contribution in [-0.2, 0) is 0 Å². The maximum absolute atomic E-state index is 12.8. The molecular weight excluding hydrogens is 544 g/mol. The van der Waals surface area contributed by atoms with E-state index < -0.39 is 20.7 Å². The molecule has 5 rings (SSSR count). The van der Waals surface area contributed by atoms with E-state index in [1.807, 2.05) is 37.2 Å². The Morgan fingerprint density at radius 2 is 1.63 bits per heavy atom. The molecule has 0 spiro atoms. The number of carbonyl (C=O) groups is 2. The lowest BCUT2D eigenvalue weighted by Gasteiger charge is -2.18. The predicted octanol–water partition coefficient (Wildman–Crippen LogP) is 3.57. The molecule has 0 saturated heterocycles. The second-order valence-electron chi connectivity index (χ2n) is 10.1. The average molecular weight is 573 g/mol. The minimum absolute atomic E-state index is 0.0707. The number of carboxylic acids is 1. The summed E-state index contributed by atoms with van der Waals surface area (Å²) in [4.78, 5) is 66.7. The molecule has 210 valence electrons. The zero-order chi connectivity index (χ0) is 29.5. The fourth-order valence-corrected chi connectivity index (χ4v) is 5.57. The van der Waals surface area contributed by atoms with Gasteiger partial charge in [-0.2, -0.15) is 0 Å². The molecule has 0 aliphatic heterocycles. The third-order valence-corrected chi connectivity index (χ3v) is 7.95. The first-order valence-corrected chi connectivity index (χ1v) is 14.9. The molecule has 0 saturated carbocycles. The molecule has 0 fully saturated rings. The molecule has 0 unspecified atom stereocenters. The maximum atomic E-state index is 12.8. The van der Waals surface area contributed by atoms with Crippen LogP contribution in [0, 0.1) is 0 Å². The molecule has 1 aromatic heterocycles. The Balaban J connectivity index is 1.70. The summed E-state index contributed by atoms with van der Waals surface area (Å²) in [7, 11) is -0.409. The highest BCUT2D eigenvalue weighted by Crippen LogP contribution is 2.41. The fourth-order valence-electron chi connectivity index (χ4n) is 4.92. The highest BCUT2D eigenvalue weighted by molar-refractivity contribution is 6.56. The standard InChI is InChI=1S/C30H28N2O8Si/c1-32(2)19-6-10-23-26(16-19)40-28-21-11-7-20(33)14-17(21)4-9-24(28)27(23)22-8-5-18(15-25(22)30(35)36)29(34)31-12-3-13-41(37,38)39/h4-11,14-16,37-39H,3,12-13H2,1-2H3,(H,31,34)(H,35,36). The molecule has 4 aromatic carbocycles. The molecule has 5 N–H and O–H groups in total. The average Bonchev–Trinajstić information content (AvgIpc) is 2.92. The lowest BCUT2D eigenvalue weighted by Crippen LogP contribution is -2.35. The van der Waals surface area contributed by atoms with Crippen LogP contribution in [0.15, 0.2) is 75.9 Å². The van der Waals surface area contributed by atoms with Crippen molar-refractivity contribution >= 4 is 59.1 Å². The van der Waals surface area contributed by atoms with Gasteiger partial charge in [0.2, 0.25) is 0 Å². The van der Waals surface area contributed by atoms with Gasteiger partial charge in [0.05, 0.1) is 5.56 Å². The summed E-state index contributed by atoms with van der Waals surface area (Å²) < 4.78 is 6.40. The molecule has 0 bridgehead atoms. The van der Waals surface area contributed by atoms with Crippen molar-refractivity contribution in [2.75, 3.05) is 25.5 Å². The second-order valence-corrected chi connectivity index (χ2v) is 12.1. The Labute approximate surface area is 235 Å². The highest BCUT2D eigenvalue weighted by Gasteiger charge is 2.26. The van der Waals surface area contributed by atoms with Gasteiger partial charge in [-0.3, -0.25) is 9.59 Å². The summed E-state index contributed by atoms with van der Waals surface area (Å²) in [6, 6.07) is 18.1. The smallest absolute Gasteiger partial charge is 0.478 e. The first-order chi connectivity index (χ1) is 19.4. The summed E-state index contributed by atoms with van der Waals surface area (Å²) in [6.07, 6.45) is 0.146. The van der Waals surface area contributed by atoms with Crippen LogP contribution in [0.3, 0.4) is 0 Å². The molecule has 0 atom stereocenters. The maximum Gasteiger partial charge on any atom is 0.492 e. The van der Waals surface area contributed by atoms with Gasteiger partial charge in [-0.15, -0.1) is 0 Å². The van der Waals surface area contributed by atoms with E-state index in [0.717, 1.165) is 5.69 Å². The number of fused-ring (bicyclic) bond motifs is 4. The number of nitrogens with one attached hydrogen (secondary N) is 1. The van der Waals surface area contributed by atoms with Crippen LogP contribution in [0.25, 0.3) is 43.8 Å². The van der Waals surface area contributed by atoms with Crippen molar-refractivity contribution in [3.8, 4) is 11.1 Å². The fraction of sp³-hybridized carbons (Fsp3) is 0.167. The molecule has 1 amide bonds. The molecule has 0 aliphatic carbocycles. The quantitative estimate of drug-likeness (QED) is 0.0810. The normalized spacial score (nSPS) is 11.7. The first-order valence-electron chi connectivity index (χ1n) is 12.9. The van der Waals surface area contributed by atoms with Crippen LogP contribution in [0.4, 0.5) is 5.69 Å². The predicted molar refractivity (Wildman–Crippen MR) is 158 cm³/mol. The van der Waals surface area contributed by atoms with Crippen molar-refractivity contribution in [3.05, 3.63) is 88.1 Å². The molecule has 1 heterocycles. The van der Waals surface area contributed by atoms with Gasteiger partial charge in [0.1, 0.15) is 11.2 Å². The summed E-state index contributed by atoms with van der Waals surface area (Å²) in [6.45, 7) is 0.0707. The Morgan fingerprint density at radius 3 is 2.34 bits per heavy atom. The van der Waals surface area contributed by atoms with Crippen molar-refractivity contribution in [1.82, 2.24) is 5.32 Å². The lowest BCUT2D eigenvalue weighted by atomic mass is 9.91. The molecule has 0 aliphatic rings. The SMILES string of the molecule is CN(C)c1ccc2c(-c3ccc(C(=O)NCCC[Si](O)(O)O)cc3C(=O)O)c3ccc4cc(=O)ccc4c3oc2c1. The van der Waals surface area contributed by atoms with Gasteiger partial charge >= 0.3 is 14.8 Å². The first kappa shape index (κ1) is 28.0. The number of benzene rings is 4. The number of hydrogen-bond donors (Lipinski definition) is 5. The number of aromatic carboxylic acids is 1. The number of amides is 1. The van der Waals surface area contributed by atoms with Crippen LogP contribution in [-0.4, -0.2) is 60.8 Å². The van der Waals surface area contributed by atoms with Gasteiger partial charge in [-0.05, 0) is 65.9 Å². The summed E-state index contributed by atoms with van der Waals surface area (Å²) in [5, 5.41) is 15.5. The van der Waals surface area contributed by atoms with E-state index >= 15 is 0 Å². The summed E-state index contributed by atoms with van der Waals surface area (Å²) >= 11 is 0. The van der Waals surface area contributed by atoms with E-state index in [9.17, 15) is 19.5 Å². The summed E-state index contributed by atoms with van der Waals surface area (Å²) in [5.74, 6) is -1.76. The number of carbonyl (C=O) groups excluding carboxylic acids is 1. The van der Waals surface area contributed by atoms with Gasteiger partial charge in [0.25, 0.3) is 5.91 Å².